The average molecular weight is 367 g/mol. The van der Waals surface area contributed by atoms with Gasteiger partial charge in [0, 0.05) is 15.5 Å². The zero-order valence-electron chi connectivity index (χ0n) is 11.0. The van der Waals surface area contributed by atoms with Crippen molar-refractivity contribution in [1.29, 1.82) is 0 Å². The van der Waals surface area contributed by atoms with Crippen LogP contribution in [0.1, 0.15) is 36.8 Å². The van der Waals surface area contributed by atoms with Crippen molar-refractivity contribution in [1.82, 2.24) is 0 Å². The van der Waals surface area contributed by atoms with Crippen LogP contribution in [-0.4, -0.2) is 5.75 Å². The second-order valence-corrected chi connectivity index (χ2v) is 8.47. The van der Waals surface area contributed by atoms with Gasteiger partial charge in [0.2, 0.25) is 0 Å². The van der Waals surface area contributed by atoms with Crippen molar-refractivity contribution in [3.63, 3.8) is 0 Å². The van der Waals surface area contributed by atoms with Crippen molar-refractivity contribution in [2.24, 2.45) is 0 Å². The molecule has 2 aliphatic rings. The molecule has 104 valence electrons. The van der Waals surface area contributed by atoms with Crippen LogP contribution in [0.2, 0.25) is 0 Å². The summed E-state index contributed by atoms with van der Waals surface area (Å²) in [6, 6.07) is 9.15. The number of ether oxygens (including phenoxy) is 1. The summed E-state index contributed by atoms with van der Waals surface area (Å²) >= 11 is 7.92. The van der Waals surface area contributed by atoms with Crippen LogP contribution in [0.5, 0.6) is 0 Å². The van der Waals surface area contributed by atoms with Gasteiger partial charge in [-0.25, -0.2) is 0 Å². The quantitative estimate of drug-likeness (QED) is 0.687. The smallest absolute Gasteiger partial charge is 0.0738 e. The molecule has 0 saturated carbocycles. The maximum absolute atomic E-state index is 5.51. The zero-order chi connectivity index (χ0) is 13.5. The third kappa shape index (κ3) is 2.37. The van der Waals surface area contributed by atoms with Crippen molar-refractivity contribution < 1.29 is 4.74 Å². The fourth-order valence-electron chi connectivity index (χ4n) is 2.81. The molecule has 0 fully saturated rings. The Balaban J connectivity index is 1.66. The first-order valence-electron chi connectivity index (χ1n) is 6.84. The first-order chi connectivity index (χ1) is 9.81. The van der Waals surface area contributed by atoms with Crippen molar-refractivity contribution >= 4 is 39.0 Å². The van der Waals surface area contributed by atoms with Crippen molar-refractivity contribution in [3.05, 3.63) is 56.3 Å². The standard InChI is InChI=1S/C16H15BrOS2/c17-16(10-1-2-11-7-18-8-12(11)5-10)15-6-13-9-19-4-3-14(13)20-15/h1-2,5-6,16H,3-4,7-9H2. The van der Waals surface area contributed by atoms with Crippen molar-refractivity contribution in [2.45, 2.75) is 30.2 Å². The van der Waals surface area contributed by atoms with Crippen LogP contribution in [0.4, 0.5) is 0 Å². The number of fused-ring (bicyclic) bond motifs is 2. The molecule has 0 N–H and O–H groups in total. The molecule has 0 radical (unpaired) electrons. The van der Waals surface area contributed by atoms with E-state index < -0.39 is 0 Å². The Morgan fingerprint density at radius 3 is 2.90 bits per heavy atom. The second-order valence-electron chi connectivity index (χ2n) is 5.28. The molecule has 0 bridgehead atoms. The zero-order valence-corrected chi connectivity index (χ0v) is 14.2. The first kappa shape index (κ1) is 13.4. The lowest BCUT2D eigenvalue weighted by atomic mass is 10.0. The van der Waals surface area contributed by atoms with E-state index in [2.05, 4.69) is 40.2 Å². The van der Waals surface area contributed by atoms with Gasteiger partial charge in [-0.15, -0.1) is 11.3 Å². The Kier molecular flexibility index (Phi) is 3.67. The number of alkyl halides is 1. The van der Waals surface area contributed by atoms with E-state index in [0.29, 0.717) is 4.83 Å². The molecule has 0 spiro atoms. The number of rotatable bonds is 2. The molecule has 1 unspecified atom stereocenters. The molecule has 2 aromatic rings. The number of hydrogen-bond donors (Lipinski definition) is 0. The summed E-state index contributed by atoms with van der Waals surface area (Å²) in [7, 11) is 0. The summed E-state index contributed by atoms with van der Waals surface area (Å²) in [5, 5.41) is 0. The molecular weight excluding hydrogens is 352 g/mol. The Morgan fingerprint density at radius 1 is 1.10 bits per heavy atom. The summed E-state index contributed by atoms with van der Waals surface area (Å²) in [5.41, 5.74) is 5.59. The number of halogens is 1. The molecule has 0 aliphatic carbocycles. The predicted octanol–water partition coefficient (Wildman–Crippen LogP) is 5.05. The molecule has 0 saturated heterocycles. The minimum atomic E-state index is 0.314. The largest absolute Gasteiger partial charge is 0.372 e. The molecule has 3 heterocycles. The van der Waals surface area contributed by atoms with E-state index >= 15 is 0 Å². The van der Waals surface area contributed by atoms with E-state index in [9.17, 15) is 0 Å². The Morgan fingerprint density at radius 2 is 2.00 bits per heavy atom. The normalized spacial score (nSPS) is 18.6. The van der Waals surface area contributed by atoms with E-state index in [4.69, 9.17) is 4.74 Å². The number of thiophene rings is 1. The third-order valence-corrected chi connectivity index (χ3v) is 7.57. The van der Waals surface area contributed by atoms with Gasteiger partial charge in [0.15, 0.2) is 0 Å². The molecular formula is C16H15BrOS2. The molecule has 1 nitrogen and oxygen atoms in total. The summed E-state index contributed by atoms with van der Waals surface area (Å²) in [6.45, 7) is 1.54. The maximum Gasteiger partial charge on any atom is 0.0738 e. The topological polar surface area (TPSA) is 9.23 Å². The van der Waals surface area contributed by atoms with Crippen LogP contribution < -0.4 is 0 Å². The van der Waals surface area contributed by atoms with E-state index in [0.717, 1.165) is 13.2 Å². The van der Waals surface area contributed by atoms with Crippen LogP contribution >= 0.6 is 39.0 Å². The highest BCUT2D eigenvalue weighted by atomic mass is 79.9. The van der Waals surface area contributed by atoms with Gasteiger partial charge in [0.1, 0.15) is 0 Å². The summed E-state index contributed by atoms with van der Waals surface area (Å²) < 4.78 is 5.51. The Labute approximate surface area is 135 Å². The lowest BCUT2D eigenvalue weighted by Crippen LogP contribution is -1.96. The van der Waals surface area contributed by atoms with Gasteiger partial charge >= 0.3 is 0 Å². The Hall–Kier alpha value is -0.290. The summed E-state index contributed by atoms with van der Waals surface area (Å²) in [6.07, 6.45) is 1.24. The van der Waals surface area contributed by atoms with Gasteiger partial charge in [0.25, 0.3) is 0 Å². The fourth-order valence-corrected chi connectivity index (χ4v) is 5.89. The van der Waals surface area contributed by atoms with Crippen molar-refractivity contribution in [3.8, 4) is 0 Å². The number of benzene rings is 1. The highest BCUT2D eigenvalue weighted by Gasteiger charge is 2.20. The second kappa shape index (κ2) is 5.48. The number of hydrogen-bond acceptors (Lipinski definition) is 3. The minimum Gasteiger partial charge on any atom is -0.372 e. The molecule has 0 amide bonds. The van der Waals surface area contributed by atoms with E-state index in [1.807, 2.05) is 23.1 Å². The predicted molar refractivity (Wildman–Crippen MR) is 89.9 cm³/mol. The van der Waals surface area contributed by atoms with Gasteiger partial charge in [0.05, 0.1) is 18.0 Å². The molecule has 1 aromatic heterocycles. The molecule has 4 heteroatoms. The number of thioether (sulfide) groups is 1. The minimum absolute atomic E-state index is 0.314. The maximum atomic E-state index is 5.51. The fraction of sp³-hybridized carbons (Fsp3) is 0.375. The third-order valence-electron chi connectivity index (χ3n) is 3.93. The van der Waals surface area contributed by atoms with Gasteiger partial charge in [-0.1, -0.05) is 34.1 Å². The molecule has 20 heavy (non-hydrogen) atoms. The van der Waals surface area contributed by atoms with Crippen LogP contribution in [0.3, 0.4) is 0 Å². The summed E-state index contributed by atoms with van der Waals surface area (Å²) in [4.78, 5) is 3.35. The van der Waals surface area contributed by atoms with Gasteiger partial charge in [-0.2, -0.15) is 11.8 Å². The van der Waals surface area contributed by atoms with Gasteiger partial charge in [-0.3, -0.25) is 0 Å². The first-order valence-corrected chi connectivity index (χ1v) is 9.72. The van der Waals surface area contributed by atoms with Crippen LogP contribution in [0, 0.1) is 0 Å². The van der Waals surface area contributed by atoms with E-state index in [-0.39, 0.29) is 0 Å². The molecule has 1 aromatic carbocycles. The van der Waals surface area contributed by atoms with E-state index in [1.165, 1.54) is 39.5 Å². The van der Waals surface area contributed by atoms with Gasteiger partial charge in [-0.05, 0) is 40.5 Å². The van der Waals surface area contributed by atoms with Crippen LogP contribution in [0.25, 0.3) is 0 Å². The highest BCUT2D eigenvalue weighted by Crippen LogP contribution is 2.41. The average Bonchev–Trinajstić information content (AvgIpc) is 3.11. The molecule has 2 aliphatic heterocycles. The number of aryl methyl sites for hydroxylation is 1. The lowest BCUT2D eigenvalue weighted by molar-refractivity contribution is 0.134. The van der Waals surface area contributed by atoms with E-state index in [1.54, 1.807) is 10.4 Å². The van der Waals surface area contributed by atoms with Crippen LogP contribution in [-0.2, 0) is 30.1 Å². The monoisotopic (exact) mass is 366 g/mol. The Bertz CT molecular complexity index is 626. The lowest BCUT2D eigenvalue weighted by Gasteiger charge is -2.09. The van der Waals surface area contributed by atoms with Gasteiger partial charge < -0.3 is 4.74 Å². The van der Waals surface area contributed by atoms with Crippen molar-refractivity contribution in [2.75, 3.05) is 5.75 Å². The molecule has 1 atom stereocenters. The molecule has 4 rings (SSSR count). The highest BCUT2D eigenvalue weighted by molar-refractivity contribution is 9.09. The SMILES string of the molecule is BrC(c1ccc2c(c1)COC2)c1cc2c(s1)CCSC2. The van der Waals surface area contributed by atoms with Crippen LogP contribution in [0.15, 0.2) is 24.3 Å². The summed E-state index contributed by atoms with van der Waals surface area (Å²) in [5.74, 6) is 2.46.